The third-order valence-electron chi connectivity index (χ3n) is 5.49. The van der Waals surface area contributed by atoms with Crippen LogP contribution < -0.4 is 26.4 Å². The first kappa shape index (κ1) is 25.0. The van der Waals surface area contributed by atoms with Crippen LogP contribution in [0.25, 0.3) is 11.3 Å². The van der Waals surface area contributed by atoms with E-state index in [0.29, 0.717) is 33.8 Å². The number of carbonyl (C=O) groups is 4. The van der Waals surface area contributed by atoms with E-state index in [-0.39, 0.29) is 30.5 Å². The maximum Gasteiger partial charge on any atom is 0.513 e. The lowest BCUT2D eigenvalue weighted by Crippen LogP contribution is -2.27. The van der Waals surface area contributed by atoms with Gasteiger partial charge in [0.15, 0.2) is 0 Å². The molecule has 1 heterocycles. The number of hydrogen-bond acceptors (Lipinski definition) is 7. The average molecular weight is 501 g/mol. The first-order chi connectivity index (χ1) is 17.9. The molecule has 188 valence electrons. The highest BCUT2D eigenvalue weighted by atomic mass is 16.7. The Labute approximate surface area is 212 Å². The minimum atomic E-state index is -0.864. The number of fused-ring (bicyclic) bond motifs is 1. The smallest absolute Gasteiger partial charge is 0.437 e. The summed E-state index contributed by atoms with van der Waals surface area (Å²) in [7, 11) is 1.21. The summed E-state index contributed by atoms with van der Waals surface area (Å²) < 4.78 is 9.59. The average Bonchev–Trinajstić information content (AvgIpc) is 3.22. The topological polar surface area (TPSA) is 149 Å². The standard InChI is InChI=1S/C27H24N4O6/c1-36-27(35)37-19-11-12-20-21(15-19)31-26(34)23(20)24(16-5-3-2-4-6-16)30-18-9-7-17(8-10-18)25(33)29-14-13-22(28)32/h2-12,15,30H,13-14H2,1H3,(H2,28,32)(H,29,33)(H,31,34)/b24-23-. The lowest BCUT2D eigenvalue weighted by molar-refractivity contribution is -0.117. The second kappa shape index (κ2) is 11.1. The summed E-state index contributed by atoms with van der Waals surface area (Å²) in [6.45, 7) is 0.152. The molecule has 3 amide bonds. The van der Waals surface area contributed by atoms with E-state index in [4.69, 9.17) is 10.5 Å². The number of nitrogens with one attached hydrogen (secondary N) is 3. The van der Waals surface area contributed by atoms with Gasteiger partial charge in [0.2, 0.25) is 5.91 Å². The number of carbonyl (C=O) groups excluding carboxylic acids is 4. The summed E-state index contributed by atoms with van der Waals surface area (Å²) in [5.41, 5.74) is 8.98. The fraction of sp³-hybridized carbons (Fsp3) is 0.111. The number of nitrogens with two attached hydrogens (primary N) is 1. The number of hydrogen-bond donors (Lipinski definition) is 4. The molecule has 1 aliphatic rings. The van der Waals surface area contributed by atoms with Crippen LogP contribution in [0.4, 0.5) is 16.2 Å². The van der Waals surface area contributed by atoms with Gasteiger partial charge in [0, 0.05) is 35.8 Å². The maximum atomic E-state index is 13.1. The number of amides is 3. The lowest BCUT2D eigenvalue weighted by atomic mass is 10.00. The van der Waals surface area contributed by atoms with Crippen LogP contribution in [0.15, 0.2) is 72.8 Å². The minimum absolute atomic E-state index is 0.0548. The van der Waals surface area contributed by atoms with Gasteiger partial charge in [-0.2, -0.15) is 0 Å². The molecule has 0 bridgehead atoms. The number of methoxy groups -OCH3 is 1. The van der Waals surface area contributed by atoms with E-state index in [1.54, 1.807) is 42.5 Å². The van der Waals surface area contributed by atoms with Crippen LogP contribution in [0, 0.1) is 0 Å². The van der Waals surface area contributed by atoms with Crippen LogP contribution in [0.2, 0.25) is 0 Å². The predicted molar refractivity (Wildman–Crippen MR) is 138 cm³/mol. The van der Waals surface area contributed by atoms with Crippen molar-refractivity contribution >= 4 is 46.5 Å². The second-order valence-corrected chi connectivity index (χ2v) is 8.01. The number of ether oxygens (including phenoxy) is 2. The van der Waals surface area contributed by atoms with Crippen molar-refractivity contribution in [3.8, 4) is 5.75 Å². The third kappa shape index (κ3) is 5.93. The van der Waals surface area contributed by atoms with E-state index in [1.165, 1.54) is 7.11 Å². The molecule has 3 aromatic rings. The van der Waals surface area contributed by atoms with E-state index >= 15 is 0 Å². The van der Waals surface area contributed by atoms with Crippen molar-refractivity contribution in [3.63, 3.8) is 0 Å². The van der Waals surface area contributed by atoms with Gasteiger partial charge in [-0.3, -0.25) is 14.4 Å². The molecule has 0 atom stereocenters. The summed E-state index contributed by atoms with van der Waals surface area (Å²) in [6, 6.07) is 20.8. The Morgan fingerprint density at radius 1 is 0.946 bits per heavy atom. The van der Waals surface area contributed by atoms with Gasteiger partial charge in [0.25, 0.3) is 11.8 Å². The predicted octanol–water partition coefficient (Wildman–Crippen LogP) is 3.37. The molecule has 0 saturated carbocycles. The molecular weight excluding hydrogens is 476 g/mol. The van der Waals surface area contributed by atoms with Crippen molar-refractivity contribution in [2.45, 2.75) is 6.42 Å². The molecule has 3 aromatic carbocycles. The van der Waals surface area contributed by atoms with Crippen LogP contribution in [0.3, 0.4) is 0 Å². The summed E-state index contributed by atoms with van der Waals surface area (Å²) in [5.74, 6) is -0.928. The molecule has 5 N–H and O–H groups in total. The zero-order valence-electron chi connectivity index (χ0n) is 19.9. The molecule has 0 fully saturated rings. The van der Waals surface area contributed by atoms with Gasteiger partial charge in [-0.15, -0.1) is 0 Å². The van der Waals surface area contributed by atoms with Crippen LogP contribution in [-0.2, 0) is 14.3 Å². The van der Waals surface area contributed by atoms with Gasteiger partial charge in [-0.1, -0.05) is 30.3 Å². The number of primary amides is 1. The van der Waals surface area contributed by atoms with E-state index in [9.17, 15) is 19.2 Å². The quantitative estimate of drug-likeness (QED) is 0.210. The molecular formula is C27H24N4O6. The number of anilines is 2. The minimum Gasteiger partial charge on any atom is -0.437 e. The van der Waals surface area contributed by atoms with Gasteiger partial charge in [-0.25, -0.2) is 4.79 Å². The van der Waals surface area contributed by atoms with Gasteiger partial charge in [0.05, 0.1) is 24.1 Å². The zero-order valence-corrected chi connectivity index (χ0v) is 19.9. The van der Waals surface area contributed by atoms with Gasteiger partial charge < -0.3 is 31.2 Å². The summed E-state index contributed by atoms with van der Waals surface area (Å²) in [4.78, 5) is 47.7. The molecule has 0 aromatic heterocycles. The molecule has 0 unspecified atom stereocenters. The fourth-order valence-electron chi connectivity index (χ4n) is 3.74. The van der Waals surface area contributed by atoms with E-state index in [0.717, 1.165) is 5.56 Å². The Balaban J connectivity index is 1.65. The van der Waals surface area contributed by atoms with Crippen molar-refractivity contribution in [2.75, 3.05) is 24.3 Å². The summed E-state index contributed by atoms with van der Waals surface area (Å²) >= 11 is 0. The van der Waals surface area contributed by atoms with Gasteiger partial charge in [-0.05, 0) is 42.0 Å². The first-order valence-corrected chi connectivity index (χ1v) is 11.3. The summed E-state index contributed by atoms with van der Waals surface area (Å²) in [5, 5.41) is 8.76. The van der Waals surface area contributed by atoms with Crippen molar-refractivity contribution in [1.29, 1.82) is 0 Å². The SMILES string of the molecule is COC(=O)Oc1ccc2c(c1)NC(=O)/C2=C(\Nc1ccc(C(=O)NCCC(N)=O)cc1)c1ccccc1. The van der Waals surface area contributed by atoms with Crippen LogP contribution in [-0.4, -0.2) is 37.5 Å². The highest BCUT2D eigenvalue weighted by Crippen LogP contribution is 2.39. The lowest BCUT2D eigenvalue weighted by Gasteiger charge is -2.15. The first-order valence-electron chi connectivity index (χ1n) is 11.3. The van der Waals surface area contributed by atoms with E-state index < -0.39 is 12.1 Å². The Bertz CT molecular complexity index is 1380. The Hall–Kier alpha value is -5.12. The third-order valence-corrected chi connectivity index (χ3v) is 5.49. The van der Waals surface area contributed by atoms with Crippen LogP contribution in [0.1, 0.15) is 27.9 Å². The van der Waals surface area contributed by atoms with Crippen LogP contribution >= 0.6 is 0 Å². The molecule has 10 nitrogen and oxygen atoms in total. The van der Waals surface area contributed by atoms with Crippen LogP contribution in [0.5, 0.6) is 5.75 Å². The van der Waals surface area contributed by atoms with Crippen molar-refractivity contribution in [1.82, 2.24) is 5.32 Å². The second-order valence-electron chi connectivity index (χ2n) is 8.01. The Morgan fingerprint density at radius 2 is 1.68 bits per heavy atom. The van der Waals surface area contributed by atoms with E-state index in [1.807, 2.05) is 30.3 Å². The maximum absolute atomic E-state index is 13.1. The molecule has 0 aliphatic carbocycles. The molecule has 0 radical (unpaired) electrons. The monoisotopic (exact) mass is 500 g/mol. The molecule has 0 spiro atoms. The molecule has 4 rings (SSSR count). The van der Waals surface area contributed by atoms with E-state index in [2.05, 4.69) is 20.7 Å². The largest absolute Gasteiger partial charge is 0.513 e. The normalized spacial score (nSPS) is 13.2. The fourth-order valence-corrected chi connectivity index (χ4v) is 3.74. The number of benzene rings is 3. The summed E-state index contributed by atoms with van der Waals surface area (Å²) in [6.07, 6.45) is -0.809. The van der Waals surface area contributed by atoms with Crippen molar-refractivity contribution < 1.29 is 28.7 Å². The van der Waals surface area contributed by atoms with Crippen molar-refractivity contribution in [3.05, 3.63) is 89.5 Å². The molecule has 37 heavy (non-hydrogen) atoms. The highest BCUT2D eigenvalue weighted by molar-refractivity contribution is 6.37. The molecule has 1 aliphatic heterocycles. The number of rotatable bonds is 8. The molecule has 0 saturated heterocycles. The Morgan fingerprint density at radius 3 is 2.35 bits per heavy atom. The van der Waals surface area contributed by atoms with Gasteiger partial charge >= 0.3 is 6.16 Å². The van der Waals surface area contributed by atoms with Gasteiger partial charge in [0.1, 0.15) is 5.75 Å². The highest BCUT2D eigenvalue weighted by Gasteiger charge is 2.29. The van der Waals surface area contributed by atoms with Crippen molar-refractivity contribution in [2.24, 2.45) is 5.73 Å². The molecule has 10 heteroatoms. The Kier molecular flexibility index (Phi) is 7.48. The zero-order chi connectivity index (χ0) is 26.4.